The molecule has 1 amide bonds. The molecular formula is C17H22N3O4S+. The summed E-state index contributed by atoms with van der Waals surface area (Å²) in [6.45, 7) is 2.26. The Morgan fingerprint density at radius 1 is 1.52 bits per heavy atom. The summed E-state index contributed by atoms with van der Waals surface area (Å²) in [6.07, 6.45) is 1.70. The molecule has 25 heavy (non-hydrogen) atoms. The van der Waals surface area contributed by atoms with Gasteiger partial charge in [0.25, 0.3) is 5.82 Å². The second-order valence-corrected chi connectivity index (χ2v) is 7.48. The second kappa shape index (κ2) is 7.05. The minimum absolute atomic E-state index is 0.0853. The predicted molar refractivity (Wildman–Crippen MR) is 93.6 cm³/mol. The van der Waals surface area contributed by atoms with E-state index < -0.39 is 18.0 Å². The van der Waals surface area contributed by atoms with E-state index in [2.05, 4.69) is 5.32 Å². The SMILES string of the molecule is C[C@@H](O)[C@H]1C(=O)N2C(C(=O)O)=C(SCCNc3cccc[n+]3C)C[C@H]12. The lowest BCUT2D eigenvalue weighted by molar-refractivity contribution is -0.657. The highest BCUT2D eigenvalue weighted by atomic mass is 32.2. The summed E-state index contributed by atoms with van der Waals surface area (Å²) in [6, 6.07) is 5.65. The zero-order valence-corrected chi connectivity index (χ0v) is 15.0. The summed E-state index contributed by atoms with van der Waals surface area (Å²) < 4.78 is 1.97. The van der Waals surface area contributed by atoms with Gasteiger partial charge in [0.15, 0.2) is 0 Å². The van der Waals surface area contributed by atoms with E-state index in [-0.39, 0.29) is 17.6 Å². The number of aliphatic hydroxyl groups excluding tert-OH is 1. The van der Waals surface area contributed by atoms with Crippen molar-refractivity contribution in [1.82, 2.24) is 4.90 Å². The number of rotatable bonds is 7. The molecule has 1 aromatic rings. The quantitative estimate of drug-likeness (QED) is 0.372. The molecular weight excluding hydrogens is 342 g/mol. The van der Waals surface area contributed by atoms with E-state index in [9.17, 15) is 19.8 Å². The van der Waals surface area contributed by atoms with Crippen LogP contribution in [0.1, 0.15) is 13.3 Å². The Hall–Kier alpha value is -2.06. The number of thioether (sulfide) groups is 1. The number of hydrogen-bond acceptors (Lipinski definition) is 5. The molecule has 0 unspecified atom stereocenters. The molecule has 0 radical (unpaired) electrons. The first-order valence-corrected chi connectivity index (χ1v) is 9.19. The van der Waals surface area contributed by atoms with Crippen LogP contribution in [0.25, 0.3) is 0 Å². The van der Waals surface area contributed by atoms with Crippen LogP contribution < -0.4 is 9.88 Å². The number of aliphatic hydroxyl groups is 1. The maximum absolute atomic E-state index is 12.1. The number of carbonyl (C=O) groups excluding carboxylic acids is 1. The first kappa shape index (κ1) is 17.8. The molecule has 0 saturated carbocycles. The lowest BCUT2D eigenvalue weighted by atomic mass is 9.83. The standard InChI is InChI=1S/C17H21N3O4S/c1-10(21)14-11-9-12(15(17(23)24)20(11)16(14)22)25-8-6-18-13-5-3-4-7-19(13)2/h3-5,7,10-11,14,21H,6,8-9H2,1-2H3,(H,23,24)/p+1/t10-,11-,14-/m1/s1. The van der Waals surface area contributed by atoms with Crippen LogP contribution in [0.3, 0.4) is 0 Å². The van der Waals surface area contributed by atoms with Gasteiger partial charge in [-0.3, -0.25) is 10.1 Å². The summed E-state index contributed by atoms with van der Waals surface area (Å²) >= 11 is 1.46. The van der Waals surface area contributed by atoms with Crippen LogP contribution in [0.2, 0.25) is 0 Å². The molecule has 7 nitrogen and oxygen atoms in total. The fourth-order valence-corrected chi connectivity index (χ4v) is 4.48. The lowest BCUT2D eigenvalue weighted by Gasteiger charge is -2.44. The highest BCUT2D eigenvalue weighted by Crippen LogP contribution is 2.46. The van der Waals surface area contributed by atoms with Crippen molar-refractivity contribution in [3.8, 4) is 0 Å². The second-order valence-electron chi connectivity index (χ2n) is 6.30. The molecule has 3 atom stereocenters. The Kier molecular flexibility index (Phi) is 5.01. The molecule has 0 bridgehead atoms. The number of carboxylic acids is 1. The van der Waals surface area contributed by atoms with Gasteiger partial charge in [0.2, 0.25) is 5.91 Å². The van der Waals surface area contributed by atoms with Gasteiger partial charge in [-0.25, -0.2) is 9.36 Å². The van der Waals surface area contributed by atoms with E-state index in [4.69, 9.17) is 0 Å². The number of amides is 1. The van der Waals surface area contributed by atoms with Crippen molar-refractivity contribution in [2.75, 3.05) is 17.6 Å². The molecule has 1 fully saturated rings. The van der Waals surface area contributed by atoms with Crippen LogP contribution in [-0.2, 0) is 16.6 Å². The molecule has 0 aromatic carbocycles. The van der Waals surface area contributed by atoms with Gasteiger partial charge in [0, 0.05) is 23.1 Å². The van der Waals surface area contributed by atoms with Gasteiger partial charge in [-0.1, -0.05) is 6.07 Å². The summed E-state index contributed by atoms with van der Waals surface area (Å²) in [4.78, 5) is 25.8. The third-order valence-corrected chi connectivity index (χ3v) is 5.75. The van der Waals surface area contributed by atoms with Crippen LogP contribution in [0, 0.1) is 5.92 Å². The molecule has 8 heteroatoms. The maximum Gasteiger partial charge on any atom is 0.353 e. The fourth-order valence-electron chi connectivity index (χ4n) is 3.42. The normalized spacial score (nSPS) is 23.3. The maximum atomic E-state index is 12.1. The van der Waals surface area contributed by atoms with Gasteiger partial charge in [-0.05, 0) is 13.0 Å². The number of pyridine rings is 1. The summed E-state index contributed by atoms with van der Waals surface area (Å²) in [7, 11) is 1.95. The first-order valence-electron chi connectivity index (χ1n) is 8.20. The van der Waals surface area contributed by atoms with Gasteiger partial charge in [-0.15, -0.1) is 11.8 Å². The average Bonchev–Trinajstić information content (AvgIpc) is 2.87. The van der Waals surface area contributed by atoms with E-state index in [1.165, 1.54) is 16.7 Å². The van der Waals surface area contributed by atoms with E-state index in [0.29, 0.717) is 23.6 Å². The highest BCUT2D eigenvalue weighted by molar-refractivity contribution is 8.03. The van der Waals surface area contributed by atoms with Crippen LogP contribution >= 0.6 is 11.8 Å². The molecule has 134 valence electrons. The number of carboxylic acid groups (broad SMARTS) is 1. The molecule has 0 aliphatic carbocycles. The Balaban J connectivity index is 1.61. The predicted octanol–water partition coefficient (Wildman–Crippen LogP) is 0.564. The van der Waals surface area contributed by atoms with Crippen molar-refractivity contribution in [2.24, 2.45) is 13.0 Å². The zero-order valence-electron chi connectivity index (χ0n) is 14.2. The van der Waals surface area contributed by atoms with E-state index in [0.717, 1.165) is 5.82 Å². The van der Waals surface area contributed by atoms with Crippen molar-refractivity contribution in [3.05, 3.63) is 35.0 Å². The van der Waals surface area contributed by atoms with Crippen LogP contribution in [-0.4, -0.2) is 51.4 Å². The third kappa shape index (κ3) is 3.23. The first-order chi connectivity index (χ1) is 11.9. The summed E-state index contributed by atoms with van der Waals surface area (Å²) in [5.41, 5.74) is 0.0853. The van der Waals surface area contributed by atoms with Crippen molar-refractivity contribution in [1.29, 1.82) is 0 Å². The number of aromatic nitrogens is 1. The molecule has 3 N–H and O–H groups in total. The Bertz CT molecular complexity index is 734. The third-order valence-electron chi connectivity index (χ3n) is 4.63. The molecule has 3 rings (SSSR count). The smallest absolute Gasteiger partial charge is 0.353 e. The number of carbonyl (C=O) groups is 2. The summed E-state index contributed by atoms with van der Waals surface area (Å²) in [5.74, 6) is -0.189. The van der Waals surface area contributed by atoms with Gasteiger partial charge >= 0.3 is 5.97 Å². The highest BCUT2D eigenvalue weighted by Gasteiger charge is 2.56. The molecule has 3 heterocycles. The largest absolute Gasteiger partial charge is 0.477 e. The molecule has 2 aliphatic rings. The van der Waals surface area contributed by atoms with Crippen molar-refractivity contribution in [2.45, 2.75) is 25.5 Å². The average molecular weight is 364 g/mol. The monoisotopic (exact) mass is 364 g/mol. The van der Waals surface area contributed by atoms with Gasteiger partial charge < -0.3 is 15.1 Å². The van der Waals surface area contributed by atoms with Gasteiger partial charge in [0.05, 0.1) is 37.9 Å². The Morgan fingerprint density at radius 3 is 2.92 bits per heavy atom. The molecule has 0 spiro atoms. The number of nitrogens with zero attached hydrogens (tertiary/aromatic N) is 2. The summed E-state index contributed by atoms with van der Waals surface area (Å²) in [5, 5.41) is 22.5. The van der Waals surface area contributed by atoms with Crippen LogP contribution in [0.15, 0.2) is 35.0 Å². The van der Waals surface area contributed by atoms with Crippen molar-refractivity contribution >= 4 is 29.5 Å². The van der Waals surface area contributed by atoms with Crippen LogP contribution in [0.5, 0.6) is 0 Å². The van der Waals surface area contributed by atoms with E-state index in [1.807, 2.05) is 36.0 Å². The number of β-lactam (4-membered cyclic amide) rings is 1. The number of aliphatic carboxylic acids is 1. The number of hydrogen-bond donors (Lipinski definition) is 3. The lowest BCUT2D eigenvalue weighted by Crippen LogP contribution is -2.61. The van der Waals surface area contributed by atoms with Crippen molar-refractivity contribution < 1.29 is 24.4 Å². The number of aryl methyl sites for hydroxylation is 1. The van der Waals surface area contributed by atoms with Gasteiger partial charge in [0.1, 0.15) is 5.70 Å². The Morgan fingerprint density at radius 2 is 2.28 bits per heavy atom. The number of fused-ring (bicyclic) bond motifs is 1. The Labute approximate surface area is 150 Å². The topological polar surface area (TPSA) is 93.8 Å². The van der Waals surface area contributed by atoms with Crippen LogP contribution in [0.4, 0.5) is 5.82 Å². The fraction of sp³-hybridized carbons (Fsp3) is 0.471. The van der Waals surface area contributed by atoms with E-state index >= 15 is 0 Å². The minimum Gasteiger partial charge on any atom is -0.477 e. The molecule has 1 saturated heterocycles. The van der Waals surface area contributed by atoms with Crippen molar-refractivity contribution in [3.63, 3.8) is 0 Å². The number of nitrogens with one attached hydrogen (secondary N) is 1. The molecule has 1 aromatic heterocycles. The minimum atomic E-state index is -1.08. The number of anilines is 1. The van der Waals surface area contributed by atoms with Gasteiger partial charge in [-0.2, -0.15) is 0 Å². The zero-order chi connectivity index (χ0) is 18.1. The molecule has 2 aliphatic heterocycles. The van der Waals surface area contributed by atoms with E-state index in [1.54, 1.807) is 6.92 Å².